The van der Waals surface area contributed by atoms with Crippen LogP contribution in [0.5, 0.6) is 0 Å². The topological polar surface area (TPSA) is 75.3 Å². The third kappa shape index (κ3) is 6.45. The molecular weight excluding hydrogens is 348 g/mol. The van der Waals surface area contributed by atoms with Crippen molar-refractivity contribution in [1.82, 2.24) is 5.32 Å². The summed E-state index contributed by atoms with van der Waals surface area (Å²) in [7, 11) is 0. The van der Waals surface area contributed by atoms with E-state index < -0.39 is 6.10 Å². The molecule has 0 radical (unpaired) electrons. The first-order valence-electron chi connectivity index (χ1n) is 8.63. The second-order valence-electron chi connectivity index (χ2n) is 7.41. The number of nitrogens with two attached hydrogens (primary N) is 1. The molecule has 0 bridgehead atoms. The number of aliphatic hydroxyl groups is 1. The molecule has 0 fully saturated rings. The molecule has 0 aliphatic rings. The Kier molecular flexibility index (Phi) is 8.28. The fraction of sp³-hybridized carbons (Fsp3) is 0.381. The molecule has 142 valence electrons. The molecule has 2 aromatic carbocycles. The monoisotopic (exact) mass is 376 g/mol. The summed E-state index contributed by atoms with van der Waals surface area (Å²) in [6, 6.07) is 17.0. The van der Waals surface area contributed by atoms with E-state index in [2.05, 4.69) is 26.1 Å². The lowest BCUT2D eigenvalue weighted by molar-refractivity contribution is -0.121. The van der Waals surface area contributed by atoms with Gasteiger partial charge >= 0.3 is 0 Å². The summed E-state index contributed by atoms with van der Waals surface area (Å²) in [4.78, 5) is 12.0. The van der Waals surface area contributed by atoms with Gasteiger partial charge in [0.25, 0.3) is 0 Å². The van der Waals surface area contributed by atoms with Gasteiger partial charge in [0.15, 0.2) is 0 Å². The number of rotatable bonds is 6. The van der Waals surface area contributed by atoms with Crippen LogP contribution >= 0.6 is 12.4 Å². The summed E-state index contributed by atoms with van der Waals surface area (Å²) in [5.74, 6) is -0.165. The Morgan fingerprint density at radius 2 is 1.62 bits per heavy atom. The van der Waals surface area contributed by atoms with Crippen molar-refractivity contribution in [2.75, 3.05) is 6.54 Å². The molecule has 1 amide bonds. The van der Waals surface area contributed by atoms with Crippen molar-refractivity contribution in [2.45, 2.75) is 44.8 Å². The van der Waals surface area contributed by atoms with Crippen LogP contribution in [-0.2, 0) is 10.2 Å². The van der Waals surface area contributed by atoms with E-state index in [1.807, 2.05) is 54.6 Å². The fourth-order valence-electron chi connectivity index (χ4n) is 2.62. The van der Waals surface area contributed by atoms with Crippen molar-refractivity contribution in [3.05, 3.63) is 71.3 Å². The fourth-order valence-corrected chi connectivity index (χ4v) is 2.62. The Balaban J connectivity index is 0.00000338. The van der Waals surface area contributed by atoms with Crippen LogP contribution in [0.4, 0.5) is 0 Å². The summed E-state index contributed by atoms with van der Waals surface area (Å²) in [5, 5.41) is 13.0. The third-order valence-electron chi connectivity index (χ3n) is 4.29. The zero-order chi connectivity index (χ0) is 18.4. The van der Waals surface area contributed by atoms with Crippen molar-refractivity contribution < 1.29 is 9.90 Å². The maximum absolute atomic E-state index is 12.0. The Morgan fingerprint density at radius 1 is 1.04 bits per heavy atom. The van der Waals surface area contributed by atoms with Crippen LogP contribution in [0.2, 0.25) is 0 Å². The van der Waals surface area contributed by atoms with Gasteiger partial charge in [0.1, 0.15) is 0 Å². The zero-order valence-electron chi connectivity index (χ0n) is 15.6. The van der Waals surface area contributed by atoms with Crippen LogP contribution in [0.25, 0.3) is 0 Å². The molecule has 2 unspecified atom stereocenters. The van der Waals surface area contributed by atoms with Crippen LogP contribution < -0.4 is 11.1 Å². The highest BCUT2D eigenvalue weighted by Gasteiger charge is 2.16. The predicted molar refractivity (Wildman–Crippen MR) is 108 cm³/mol. The molecule has 0 saturated heterocycles. The molecule has 0 aromatic heterocycles. The first-order valence-corrected chi connectivity index (χ1v) is 8.63. The van der Waals surface area contributed by atoms with Crippen LogP contribution in [0.3, 0.4) is 0 Å². The minimum absolute atomic E-state index is 0. The SMILES string of the molecule is CC(C)(C)c1ccc(C(O)CNC(=O)CC(N)c2ccccc2)cc1.Cl. The highest BCUT2D eigenvalue weighted by Crippen LogP contribution is 2.23. The molecule has 4 N–H and O–H groups in total. The maximum atomic E-state index is 12.0. The lowest BCUT2D eigenvalue weighted by Crippen LogP contribution is -2.31. The van der Waals surface area contributed by atoms with Gasteiger partial charge in [0, 0.05) is 19.0 Å². The lowest BCUT2D eigenvalue weighted by atomic mass is 9.86. The lowest BCUT2D eigenvalue weighted by Gasteiger charge is -2.20. The van der Waals surface area contributed by atoms with E-state index in [9.17, 15) is 9.90 Å². The number of carbonyl (C=O) groups excluding carboxylic acids is 1. The summed E-state index contributed by atoms with van der Waals surface area (Å²) in [5.41, 5.74) is 9.05. The number of benzene rings is 2. The van der Waals surface area contributed by atoms with Gasteiger partial charge in [-0.25, -0.2) is 0 Å². The molecule has 0 spiro atoms. The molecule has 2 rings (SSSR count). The number of amides is 1. The van der Waals surface area contributed by atoms with E-state index in [4.69, 9.17) is 5.73 Å². The van der Waals surface area contributed by atoms with Gasteiger partial charge < -0.3 is 16.2 Å². The average molecular weight is 377 g/mol. The minimum atomic E-state index is -0.731. The van der Waals surface area contributed by atoms with E-state index in [-0.39, 0.29) is 42.7 Å². The van der Waals surface area contributed by atoms with Gasteiger partial charge in [-0.15, -0.1) is 12.4 Å². The first-order chi connectivity index (χ1) is 11.8. The Hall–Kier alpha value is -1.88. The van der Waals surface area contributed by atoms with Gasteiger partial charge in [-0.2, -0.15) is 0 Å². The second kappa shape index (κ2) is 9.72. The summed E-state index contributed by atoms with van der Waals surface area (Å²) in [6.07, 6.45) is -0.536. The van der Waals surface area contributed by atoms with Crippen LogP contribution in [0.15, 0.2) is 54.6 Å². The van der Waals surface area contributed by atoms with Crippen LogP contribution in [-0.4, -0.2) is 17.6 Å². The zero-order valence-corrected chi connectivity index (χ0v) is 16.4. The van der Waals surface area contributed by atoms with Gasteiger partial charge in [-0.3, -0.25) is 4.79 Å². The molecule has 0 saturated carbocycles. The standard InChI is InChI=1S/C21H28N2O2.ClH/c1-21(2,3)17-11-9-16(10-12-17)19(24)14-23-20(25)13-18(22)15-7-5-4-6-8-15;/h4-12,18-19,24H,13-14,22H2,1-3H3,(H,23,25);1H. The molecule has 0 heterocycles. The molecule has 2 aromatic rings. The highest BCUT2D eigenvalue weighted by molar-refractivity contribution is 5.85. The van der Waals surface area contributed by atoms with Crippen molar-refractivity contribution >= 4 is 18.3 Å². The molecule has 0 aliphatic carbocycles. The van der Waals surface area contributed by atoms with Crippen molar-refractivity contribution in [3.8, 4) is 0 Å². The number of carbonyl (C=O) groups is 1. The minimum Gasteiger partial charge on any atom is -0.387 e. The number of halogens is 1. The third-order valence-corrected chi connectivity index (χ3v) is 4.29. The molecule has 2 atom stereocenters. The molecular formula is C21H29ClN2O2. The molecule has 4 nitrogen and oxygen atoms in total. The highest BCUT2D eigenvalue weighted by atomic mass is 35.5. The largest absolute Gasteiger partial charge is 0.387 e. The van der Waals surface area contributed by atoms with Gasteiger partial charge in [0.2, 0.25) is 5.91 Å². The predicted octanol–water partition coefficient (Wildman–Crippen LogP) is 3.65. The smallest absolute Gasteiger partial charge is 0.222 e. The first kappa shape index (κ1) is 22.2. The van der Waals surface area contributed by atoms with E-state index in [1.165, 1.54) is 5.56 Å². The van der Waals surface area contributed by atoms with Gasteiger partial charge in [-0.1, -0.05) is 75.4 Å². The number of hydrogen-bond acceptors (Lipinski definition) is 3. The summed E-state index contributed by atoms with van der Waals surface area (Å²) >= 11 is 0. The van der Waals surface area contributed by atoms with E-state index >= 15 is 0 Å². The van der Waals surface area contributed by atoms with Gasteiger partial charge in [-0.05, 0) is 22.1 Å². The Labute approximate surface area is 162 Å². The summed E-state index contributed by atoms with van der Waals surface area (Å²) in [6.45, 7) is 6.62. The molecule has 26 heavy (non-hydrogen) atoms. The number of hydrogen-bond donors (Lipinski definition) is 3. The van der Waals surface area contributed by atoms with Crippen LogP contribution in [0.1, 0.15) is 56.0 Å². The van der Waals surface area contributed by atoms with Crippen molar-refractivity contribution in [2.24, 2.45) is 5.73 Å². The normalized spacial score (nSPS) is 13.4. The maximum Gasteiger partial charge on any atom is 0.222 e. The van der Waals surface area contributed by atoms with E-state index in [0.29, 0.717) is 0 Å². The average Bonchev–Trinajstić information content (AvgIpc) is 2.59. The molecule has 5 heteroatoms. The van der Waals surface area contributed by atoms with Gasteiger partial charge in [0.05, 0.1) is 6.10 Å². The number of nitrogens with one attached hydrogen (secondary N) is 1. The molecule has 0 aliphatic heterocycles. The second-order valence-corrected chi connectivity index (χ2v) is 7.41. The summed E-state index contributed by atoms with van der Waals surface area (Å²) < 4.78 is 0. The number of aliphatic hydroxyl groups excluding tert-OH is 1. The van der Waals surface area contributed by atoms with E-state index in [1.54, 1.807) is 0 Å². The van der Waals surface area contributed by atoms with Crippen molar-refractivity contribution in [1.29, 1.82) is 0 Å². The Bertz CT molecular complexity index is 681. The quantitative estimate of drug-likeness (QED) is 0.720. The van der Waals surface area contributed by atoms with Crippen LogP contribution in [0, 0.1) is 0 Å². The van der Waals surface area contributed by atoms with Crippen molar-refractivity contribution in [3.63, 3.8) is 0 Å². The van der Waals surface area contributed by atoms with E-state index in [0.717, 1.165) is 11.1 Å². The Morgan fingerprint density at radius 3 is 2.15 bits per heavy atom.